The van der Waals surface area contributed by atoms with E-state index in [4.69, 9.17) is 4.74 Å². The summed E-state index contributed by atoms with van der Waals surface area (Å²) in [6, 6.07) is 14.1. The van der Waals surface area contributed by atoms with Gasteiger partial charge in [-0.3, -0.25) is 4.68 Å². The Hall–Kier alpha value is -2.95. The summed E-state index contributed by atoms with van der Waals surface area (Å²) in [5.41, 5.74) is 3.56. The fourth-order valence-electron chi connectivity index (χ4n) is 2.46. The van der Waals surface area contributed by atoms with Gasteiger partial charge in [0, 0.05) is 18.2 Å². The standard InChI is InChI=1S/C18H18N2O3/c1-3-23-18-10-13(6-9-17(18)22)16-11-15(19-20(16)2)12-4-7-14(21)8-5-12/h4-11,21-22H,3H2,1-2H3. The van der Waals surface area contributed by atoms with Gasteiger partial charge < -0.3 is 14.9 Å². The van der Waals surface area contributed by atoms with E-state index >= 15 is 0 Å². The van der Waals surface area contributed by atoms with Crippen LogP contribution in [0.25, 0.3) is 22.5 Å². The van der Waals surface area contributed by atoms with E-state index < -0.39 is 0 Å². The first-order chi connectivity index (χ1) is 11.1. The number of rotatable bonds is 4. The van der Waals surface area contributed by atoms with Gasteiger partial charge in [-0.05, 0) is 55.5 Å². The minimum atomic E-state index is 0.122. The number of hydrogen-bond donors (Lipinski definition) is 2. The van der Waals surface area contributed by atoms with Gasteiger partial charge in [0.25, 0.3) is 0 Å². The van der Waals surface area contributed by atoms with Crippen molar-refractivity contribution in [2.75, 3.05) is 6.61 Å². The molecule has 0 spiro atoms. The third-order valence-electron chi connectivity index (χ3n) is 3.60. The van der Waals surface area contributed by atoms with Gasteiger partial charge in [0.1, 0.15) is 5.75 Å². The molecule has 5 nitrogen and oxygen atoms in total. The number of aryl methyl sites for hydroxylation is 1. The van der Waals surface area contributed by atoms with Gasteiger partial charge in [-0.25, -0.2) is 0 Å². The SMILES string of the molecule is CCOc1cc(-c2cc(-c3ccc(O)cc3)nn2C)ccc1O. The zero-order chi connectivity index (χ0) is 16.4. The van der Waals surface area contributed by atoms with E-state index in [9.17, 15) is 10.2 Å². The van der Waals surface area contributed by atoms with Crippen LogP contribution in [0.2, 0.25) is 0 Å². The Kier molecular flexibility index (Phi) is 3.93. The summed E-state index contributed by atoms with van der Waals surface area (Å²) < 4.78 is 7.22. The van der Waals surface area contributed by atoms with Crippen LogP contribution in [0.15, 0.2) is 48.5 Å². The Bertz CT molecular complexity index is 823. The third kappa shape index (κ3) is 2.99. The van der Waals surface area contributed by atoms with E-state index in [1.54, 1.807) is 28.9 Å². The smallest absolute Gasteiger partial charge is 0.161 e. The predicted octanol–water partition coefficient (Wildman–Crippen LogP) is 3.56. The maximum atomic E-state index is 9.82. The largest absolute Gasteiger partial charge is 0.508 e. The van der Waals surface area contributed by atoms with Gasteiger partial charge in [-0.2, -0.15) is 5.10 Å². The molecule has 1 heterocycles. The van der Waals surface area contributed by atoms with E-state index in [1.165, 1.54) is 0 Å². The zero-order valence-electron chi connectivity index (χ0n) is 13.0. The molecule has 0 saturated carbocycles. The molecule has 3 aromatic rings. The van der Waals surface area contributed by atoms with Gasteiger partial charge >= 0.3 is 0 Å². The van der Waals surface area contributed by atoms with Crippen LogP contribution >= 0.6 is 0 Å². The molecule has 2 aromatic carbocycles. The molecule has 23 heavy (non-hydrogen) atoms. The van der Waals surface area contributed by atoms with E-state index in [-0.39, 0.29) is 11.5 Å². The number of phenolic OH excluding ortho intramolecular Hbond substituents is 2. The Morgan fingerprint density at radius 2 is 1.70 bits per heavy atom. The van der Waals surface area contributed by atoms with Crippen molar-refractivity contribution < 1.29 is 14.9 Å². The lowest BCUT2D eigenvalue weighted by molar-refractivity contribution is 0.318. The summed E-state index contributed by atoms with van der Waals surface area (Å²) in [6.45, 7) is 2.36. The summed E-state index contributed by atoms with van der Waals surface area (Å²) in [4.78, 5) is 0. The molecule has 118 valence electrons. The number of aromatic hydroxyl groups is 2. The molecule has 0 atom stereocenters. The molecule has 0 unspecified atom stereocenters. The molecule has 3 rings (SSSR count). The molecule has 0 bridgehead atoms. The maximum absolute atomic E-state index is 9.82. The van der Waals surface area contributed by atoms with E-state index in [0.717, 1.165) is 22.5 Å². The molecule has 5 heteroatoms. The fourth-order valence-corrected chi connectivity index (χ4v) is 2.46. The highest BCUT2D eigenvalue weighted by Gasteiger charge is 2.12. The van der Waals surface area contributed by atoms with Crippen LogP contribution in [0.3, 0.4) is 0 Å². The topological polar surface area (TPSA) is 67.5 Å². The number of hydrogen-bond acceptors (Lipinski definition) is 4. The van der Waals surface area contributed by atoms with Crippen molar-refractivity contribution in [3.8, 4) is 39.8 Å². The highest BCUT2D eigenvalue weighted by Crippen LogP contribution is 2.33. The van der Waals surface area contributed by atoms with Crippen LogP contribution in [0.1, 0.15) is 6.92 Å². The van der Waals surface area contributed by atoms with Crippen molar-refractivity contribution in [2.45, 2.75) is 6.92 Å². The van der Waals surface area contributed by atoms with Crippen LogP contribution < -0.4 is 4.74 Å². The number of ether oxygens (including phenoxy) is 1. The highest BCUT2D eigenvalue weighted by molar-refractivity contribution is 5.70. The molecular formula is C18H18N2O3. The van der Waals surface area contributed by atoms with Gasteiger partial charge in [0.15, 0.2) is 11.5 Å². The van der Waals surface area contributed by atoms with Crippen LogP contribution in [0.5, 0.6) is 17.2 Å². The Labute approximate surface area is 134 Å². The molecule has 0 aliphatic heterocycles. The van der Waals surface area contributed by atoms with Gasteiger partial charge in [0.05, 0.1) is 18.0 Å². The third-order valence-corrected chi connectivity index (χ3v) is 3.60. The molecule has 0 aliphatic rings. The monoisotopic (exact) mass is 310 g/mol. The number of nitrogens with zero attached hydrogens (tertiary/aromatic N) is 2. The molecule has 0 saturated heterocycles. The molecular weight excluding hydrogens is 292 g/mol. The van der Waals surface area contributed by atoms with Crippen LogP contribution in [0, 0.1) is 0 Å². The maximum Gasteiger partial charge on any atom is 0.161 e. The number of aromatic nitrogens is 2. The fraction of sp³-hybridized carbons (Fsp3) is 0.167. The molecule has 0 aliphatic carbocycles. The van der Waals surface area contributed by atoms with Crippen LogP contribution in [-0.4, -0.2) is 26.6 Å². The van der Waals surface area contributed by atoms with Crippen molar-refractivity contribution in [1.82, 2.24) is 9.78 Å². The first kappa shape index (κ1) is 15.0. The Morgan fingerprint density at radius 3 is 2.39 bits per heavy atom. The molecule has 1 aromatic heterocycles. The van der Waals surface area contributed by atoms with Crippen molar-refractivity contribution in [3.63, 3.8) is 0 Å². The lowest BCUT2D eigenvalue weighted by Gasteiger charge is -2.08. The number of benzene rings is 2. The highest BCUT2D eigenvalue weighted by atomic mass is 16.5. The first-order valence-corrected chi connectivity index (χ1v) is 7.38. The normalized spacial score (nSPS) is 10.7. The predicted molar refractivity (Wildman–Crippen MR) is 88.6 cm³/mol. The molecule has 2 N–H and O–H groups in total. The van der Waals surface area contributed by atoms with Crippen molar-refractivity contribution in [2.24, 2.45) is 7.05 Å². The molecule has 0 fully saturated rings. The van der Waals surface area contributed by atoms with Gasteiger partial charge in [-0.1, -0.05) is 0 Å². The summed E-state index contributed by atoms with van der Waals surface area (Å²) in [6.07, 6.45) is 0. The Balaban J connectivity index is 2.01. The van der Waals surface area contributed by atoms with E-state index in [2.05, 4.69) is 5.10 Å². The number of phenols is 2. The summed E-state index contributed by atoms with van der Waals surface area (Å²) in [7, 11) is 1.87. The summed E-state index contributed by atoms with van der Waals surface area (Å²) >= 11 is 0. The van der Waals surface area contributed by atoms with Crippen molar-refractivity contribution in [3.05, 3.63) is 48.5 Å². The van der Waals surface area contributed by atoms with Crippen molar-refractivity contribution >= 4 is 0 Å². The minimum absolute atomic E-state index is 0.122. The summed E-state index contributed by atoms with van der Waals surface area (Å²) in [5, 5.41) is 23.7. The van der Waals surface area contributed by atoms with E-state index in [1.807, 2.05) is 38.2 Å². The average molecular weight is 310 g/mol. The summed E-state index contributed by atoms with van der Waals surface area (Å²) in [5.74, 6) is 0.804. The second-order valence-corrected chi connectivity index (χ2v) is 5.20. The van der Waals surface area contributed by atoms with E-state index in [0.29, 0.717) is 12.4 Å². The van der Waals surface area contributed by atoms with Crippen LogP contribution in [0.4, 0.5) is 0 Å². The second kappa shape index (κ2) is 6.04. The van der Waals surface area contributed by atoms with Crippen LogP contribution in [-0.2, 0) is 7.05 Å². The average Bonchev–Trinajstić information content (AvgIpc) is 2.92. The molecule has 0 radical (unpaired) electrons. The molecule has 0 amide bonds. The van der Waals surface area contributed by atoms with Gasteiger partial charge in [-0.15, -0.1) is 0 Å². The first-order valence-electron chi connectivity index (χ1n) is 7.38. The quantitative estimate of drug-likeness (QED) is 0.773. The van der Waals surface area contributed by atoms with Crippen molar-refractivity contribution in [1.29, 1.82) is 0 Å². The lowest BCUT2D eigenvalue weighted by atomic mass is 10.1. The minimum Gasteiger partial charge on any atom is -0.508 e. The lowest BCUT2D eigenvalue weighted by Crippen LogP contribution is -1.95. The second-order valence-electron chi connectivity index (χ2n) is 5.20. The Morgan fingerprint density at radius 1 is 1.00 bits per heavy atom. The zero-order valence-corrected chi connectivity index (χ0v) is 13.0. The van der Waals surface area contributed by atoms with Gasteiger partial charge in [0.2, 0.25) is 0 Å².